The Hall–Kier alpha value is -1.60. The Morgan fingerprint density at radius 1 is 1.20 bits per heavy atom. The molecule has 0 bridgehead atoms. The van der Waals surface area contributed by atoms with Gasteiger partial charge in [-0.25, -0.2) is 0 Å². The van der Waals surface area contributed by atoms with Gasteiger partial charge in [0.15, 0.2) is 0 Å². The van der Waals surface area contributed by atoms with E-state index in [4.69, 9.17) is 9.29 Å². The molecule has 0 aliphatic rings. The Bertz CT molecular complexity index is 524. The molecule has 0 aliphatic carbocycles. The van der Waals surface area contributed by atoms with Gasteiger partial charge >= 0.3 is 16.3 Å². The molecule has 20 heavy (non-hydrogen) atoms. The van der Waals surface area contributed by atoms with E-state index in [9.17, 15) is 13.2 Å². The minimum Gasteiger partial charge on any atom is -0.481 e. The molecule has 0 atom stereocenters. The van der Waals surface area contributed by atoms with Crippen LogP contribution in [0.1, 0.15) is 31.2 Å². The van der Waals surface area contributed by atoms with Gasteiger partial charge < -0.3 is 9.29 Å². The Balaban J connectivity index is 2.28. The van der Waals surface area contributed by atoms with Crippen molar-refractivity contribution in [3.05, 3.63) is 29.8 Å². The normalized spacial score (nSPS) is 11.2. The van der Waals surface area contributed by atoms with Crippen LogP contribution in [0.5, 0.6) is 5.75 Å². The van der Waals surface area contributed by atoms with Crippen molar-refractivity contribution in [3.63, 3.8) is 0 Å². The van der Waals surface area contributed by atoms with Crippen molar-refractivity contribution in [1.82, 2.24) is 4.72 Å². The number of aliphatic carboxylic acids is 1. The predicted octanol–water partition coefficient (Wildman–Crippen LogP) is 1.85. The largest absolute Gasteiger partial charge is 0.481 e. The number of rotatable bonds is 9. The van der Waals surface area contributed by atoms with Gasteiger partial charge in [-0.3, -0.25) is 4.79 Å². The molecule has 0 aliphatic heterocycles. The standard InChI is InChI=1S/C13H19NO5S/c1-11-6-8-12(9-7-11)19-20(17,18)14-10-4-2-3-5-13(15)16/h6-9,14H,2-5,10H2,1H3,(H,15,16). The summed E-state index contributed by atoms with van der Waals surface area (Å²) in [5, 5.41) is 8.45. The van der Waals surface area contributed by atoms with Gasteiger partial charge in [0, 0.05) is 13.0 Å². The first-order valence-corrected chi connectivity index (χ1v) is 7.77. The van der Waals surface area contributed by atoms with Crippen molar-refractivity contribution >= 4 is 16.3 Å². The molecule has 0 saturated carbocycles. The average molecular weight is 301 g/mol. The van der Waals surface area contributed by atoms with E-state index in [1.54, 1.807) is 24.3 Å². The highest BCUT2D eigenvalue weighted by Crippen LogP contribution is 2.13. The smallest absolute Gasteiger partial charge is 0.382 e. The van der Waals surface area contributed by atoms with Gasteiger partial charge in [0.1, 0.15) is 5.75 Å². The zero-order valence-electron chi connectivity index (χ0n) is 11.3. The van der Waals surface area contributed by atoms with E-state index in [1.165, 1.54) is 0 Å². The minimum absolute atomic E-state index is 0.104. The Morgan fingerprint density at radius 3 is 2.45 bits per heavy atom. The fraction of sp³-hybridized carbons (Fsp3) is 0.462. The molecular formula is C13H19NO5S. The predicted molar refractivity (Wildman–Crippen MR) is 74.8 cm³/mol. The van der Waals surface area contributed by atoms with Gasteiger partial charge in [-0.05, 0) is 31.9 Å². The van der Waals surface area contributed by atoms with Crippen LogP contribution >= 0.6 is 0 Å². The lowest BCUT2D eigenvalue weighted by molar-refractivity contribution is -0.137. The van der Waals surface area contributed by atoms with Crippen LogP contribution in [0.2, 0.25) is 0 Å². The molecule has 0 amide bonds. The summed E-state index contributed by atoms with van der Waals surface area (Å²) in [5.74, 6) is -0.581. The van der Waals surface area contributed by atoms with Gasteiger partial charge in [-0.15, -0.1) is 0 Å². The average Bonchev–Trinajstić information content (AvgIpc) is 2.36. The molecule has 0 aromatic heterocycles. The highest BCUT2D eigenvalue weighted by atomic mass is 32.2. The number of hydrogen-bond donors (Lipinski definition) is 2. The number of aryl methyl sites for hydroxylation is 1. The lowest BCUT2D eigenvalue weighted by Gasteiger charge is -2.08. The van der Waals surface area contributed by atoms with E-state index in [0.29, 0.717) is 19.3 Å². The fourth-order valence-electron chi connectivity index (χ4n) is 1.53. The van der Waals surface area contributed by atoms with Gasteiger partial charge in [0.05, 0.1) is 0 Å². The molecule has 0 spiro atoms. The van der Waals surface area contributed by atoms with Crippen LogP contribution in [0.4, 0.5) is 0 Å². The molecule has 1 rings (SSSR count). The van der Waals surface area contributed by atoms with Crippen molar-refractivity contribution in [2.24, 2.45) is 0 Å². The molecule has 0 saturated heterocycles. The first kappa shape index (κ1) is 16.5. The second-order valence-electron chi connectivity index (χ2n) is 4.45. The third-order valence-corrected chi connectivity index (χ3v) is 3.54. The van der Waals surface area contributed by atoms with Crippen molar-refractivity contribution in [2.45, 2.75) is 32.6 Å². The number of nitrogens with one attached hydrogen (secondary N) is 1. The van der Waals surface area contributed by atoms with Crippen molar-refractivity contribution in [2.75, 3.05) is 6.54 Å². The van der Waals surface area contributed by atoms with Crippen molar-refractivity contribution in [1.29, 1.82) is 0 Å². The zero-order chi connectivity index (χ0) is 15.0. The van der Waals surface area contributed by atoms with E-state index in [1.807, 2.05) is 6.92 Å². The van der Waals surface area contributed by atoms with Crippen molar-refractivity contribution < 1.29 is 22.5 Å². The summed E-state index contributed by atoms with van der Waals surface area (Å²) in [7, 11) is -3.82. The molecular weight excluding hydrogens is 282 g/mol. The van der Waals surface area contributed by atoms with Crippen LogP contribution in [-0.2, 0) is 15.1 Å². The lowest BCUT2D eigenvalue weighted by atomic mass is 10.2. The molecule has 1 aromatic rings. The third-order valence-electron chi connectivity index (χ3n) is 2.57. The van der Waals surface area contributed by atoms with E-state index in [-0.39, 0.29) is 18.7 Å². The van der Waals surface area contributed by atoms with E-state index < -0.39 is 16.3 Å². The Morgan fingerprint density at radius 2 is 1.85 bits per heavy atom. The number of unbranched alkanes of at least 4 members (excludes halogenated alkanes) is 2. The molecule has 1 aromatic carbocycles. The summed E-state index contributed by atoms with van der Waals surface area (Å²) in [6.45, 7) is 2.13. The number of carbonyl (C=O) groups is 1. The van der Waals surface area contributed by atoms with Crippen LogP contribution in [0, 0.1) is 6.92 Å². The lowest BCUT2D eigenvalue weighted by Crippen LogP contribution is -2.29. The quantitative estimate of drug-likeness (QED) is 0.679. The van der Waals surface area contributed by atoms with Crippen LogP contribution in [0.15, 0.2) is 24.3 Å². The van der Waals surface area contributed by atoms with E-state index in [2.05, 4.69) is 4.72 Å². The molecule has 2 N–H and O–H groups in total. The number of hydrogen-bond acceptors (Lipinski definition) is 4. The first-order chi connectivity index (χ1) is 9.39. The number of carboxylic acids is 1. The Labute approximate surface area is 119 Å². The molecule has 0 fully saturated rings. The molecule has 6 nitrogen and oxygen atoms in total. The van der Waals surface area contributed by atoms with E-state index in [0.717, 1.165) is 5.56 Å². The minimum atomic E-state index is -3.82. The molecule has 112 valence electrons. The topological polar surface area (TPSA) is 92.7 Å². The molecule has 0 unspecified atom stereocenters. The summed E-state index contributed by atoms with van der Waals surface area (Å²) in [6, 6.07) is 6.69. The fourth-order valence-corrected chi connectivity index (χ4v) is 2.34. The van der Waals surface area contributed by atoms with Crippen LogP contribution < -0.4 is 8.91 Å². The SMILES string of the molecule is Cc1ccc(OS(=O)(=O)NCCCCCC(=O)O)cc1. The van der Waals surface area contributed by atoms with Crippen LogP contribution in [0.25, 0.3) is 0 Å². The summed E-state index contributed by atoms with van der Waals surface area (Å²) in [6.07, 6.45) is 1.87. The molecule has 7 heteroatoms. The highest BCUT2D eigenvalue weighted by molar-refractivity contribution is 7.85. The van der Waals surface area contributed by atoms with E-state index >= 15 is 0 Å². The monoisotopic (exact) mass is 301 g/mol. The maximum atomic E-state index is 11.6. The second kappa shape index (κ2) is 7.86. The van der Waals surface area contributed by atoms with Gasteiger partial charge in [0.2, 0.25) is 0 Å². The summed E-state index contributed by atoms with van der Waals surface area (Å²) < 4.78 is 30.4. The third kappa shape index (κ3) is 7.10. The van der Waals surface area contributed by atoms with Gasteiger partial charge in [-0.2, -0.15) is 13.1 Å². The summed E-state index contributed by atoms with van der Waals surface area (Å²) in [5.41, 5.74) is 1.01. The van der Waals surface area contributed by atoms with Crippen LogP contribution in [-0.4, -0.2) is 26.0 Å². The zero-order valence-corrected chi connectivity index (χ0v) is 12.1. The van der Waals surface area contributed by atoms with Gasteiger partial charge in [-0.1, -0.05) is 24.1 Å². The van der Waals surface area contributed by atoms with Crippen LogP contribution in [0.3, 0.4) is 0 Å². The molecule has 0 radical (unpaired) electrons. The Kier molecular flexibility index (Phi) is 6.47. The first-order valence-electron chi connectivity index (χ1n) is 6.36. The highest BCUT2D eigenvalue weighted by Gasteiger charge is 2.11. The maximum Gasteiger partial charge on any atom is 0.382 e. The van der Waals surface area contributed by atoms with Crippen molar-refractivity contribution in [3.8, 4) is 5.75 Å². The summed E-state index contributed by atoms with van der Waals surface area (Å²) in [4.78, 5) is 10.3. The second-order valence-corrected chi connectivity index (χ2v) is 5.81. The molecule has 0 heterocycles. The number of carboxylic acid groups (broad SMARTS) is 1. The summed E-state index contributed by atoms with van der Waals surface area (Å²) >= 11 is 0. The number of benzene rings is 1. The van der Waals surface area contributed by atoms with Gasteiger partial charge in [0.25, 0.3) is 0 Å². The maximum absolute atomic E-state index is 11.6.